The summed E-state index contributed by atoms with van der Waals surface area (Å²) in [6.45, 7) is 7.26. The molecule has 2 saturated heterocycles. The van der Waals surface area contributed by atoms with E-state index >= 15 is 0 Å². The van der Waals surface area contributed by atoms with Crippen molar-refractivity contribution in [3.63, 3.8) is 0 Å². The number of likely N-dealkylation sites (tertiary alicyclic amines) is 2. The van der Waals surface area contributed by atoms with Crippen molar-refractivity contribution in [2.24, 2.45) is 5.92 Å². The minimum absolute atomic E-state index is 0.0559. The van der Waals surface area contributed by atoms with Crippen LogP contribution in [0.2, 0.25) is 0 Å². The quantitative estimate of drug-likeness (QED) is 0.721. The molecule has 0 radical (unpaired) electrons. The number of amides is 2. The Morgan fingerprint density at radius 3 is 2.25 bits per heavy atom. The van der Waals surface area contributed by atoms with Crippen LogP contribution in [0.25, 0.3) is 11.0 Å². The molecule has 3 aliphatic rings. The Labute approximate surface area is 190 Å². The summed E-state index contributed by atoms with van der Waals surface area (Å²) in [5.74, 6) is 0.890. The fraction of sp³-hybridized carbons (Fsp3) is 0.680. The van der Waals surface area contributed by atoms with Gasteiger partial charge >= 0.3 is 0 Å². The second kappa shape index (κ2) is 8.83. The zero-order valence-corrected chi connectivity index (χ0v) is 19.4. The molecule has 0 unspecified atom stereocenters. The van der Waals surface area contributed by atoms with E-state index in [1.54, 1.807) is 6.20 Å². The van der Waals surface area contributed by atoms with Crippen LogP contribution in [0, 0.1) is 5.92 Å². The van der Waals surface area contributed by atoms with Crippen LogP contribution in [0.3, 0.4) is 0 Å². The highest BCUT2D eigenvalue weighted by atomic mass is 16.2. The molecular formula is C25H35N5O2. The fourth-order valence-corrected chi connectivity index (χ4v) is 5.23. The Hall–Kier alpha value is -2.44. The van der Waals surface area contributed by atoms with Gasteiger partial charge in [0.25, 0.3) is 5.91 Å². The van der Waals surface area contributed by atoms with E-state index in [2.05, 4.69) is 23.8 Å². The van der Waals surface area contributed by atoms with E-state index < -0.39 is 0 Å². The van der Waals surface area contributed by atoms with E-state index in [0.29, 0.717) is 24.9 Å². The van der Waals surface area contributed by atoms with Crippen LogP contribution in [-0.4, -0.2) is 62.6 Å². The number of piperidine rings is 1. The zero-order valence-electron chi connectivity index (χ0n) is 19.4. The van der Waals surface area contributed by atoms with Crippen molar-refractivity contribution >= 4 is 22.8 Å². The number of aromatic nitrogens is 3. The number of pyridine rings is 1. The molecule has 7 heteroatoms. The van der Waals surface area contributed by atoms with Crippen LogP contribution in [0.5, 0.6) is 0 Å². The van der Waals surface area contributed by atoms with E-state index in [-0.39, 0.29) is 17.9 Å². The molecule has 4 heterocycles. The van der Waals surface area contributed by atoms with Gasteiger partial charge in [0.05, 0.1) is 17.1 Å². The van der Waals surface area contributed by atoms with Gasteiger partial charge in [-0.2, -0.15) is 5.10 Å². The summed E-state index contributed by atoms with van der Waals surface area (Å²) in [6.07, 6.45) is 10.3. The lowest BCUT2D eigenvalue weighted by molar-refractivity contribution is -0.136. The largest absolute Gasteiger partial charge is 0.342 e. The minimum atomic E-state index is 0.0559. The van der Waals surface area contributed by atoms with E-state index in [0.717, 1.165) is 73.9 Å². The maximum atomic E-state index is 13.6. The van der Waals surface area contributed by atoms with Gasteiger partial charge in [-0.3, -0.25) is 9.59 Å². The molecule has 0 aromatic carbocycles. The molecule has 7 nitrogen and oxygen atoms in total. The molecule has 0 bridgehead atoms. The molecule has 2 aromatic heterocycles. The fourth-order valence-electron chi connectivity index (χ4n) is 5.23. The van der Waals surface area contributed by atoms with Gasteiger partial charge in [0.15, 0.2) is 5.65 Å². The highest BCUT2D eigenvalue weighted by Crippen LogP contribution is 2.40. The first kappa shape index (κ1) is 21.4. The lowest BCUT2D eigenvalue weighted by Gasteiger charge is -2.34. The normalized spacial score (nSPS) is 20.7. The zero-order chi connectivity index (χ0) is 22.2. The first-order chi connectivity index (χ1) is 15.5. The second-order valence-electron chi connectivity index (χ2n) is 10.1. The van der Waals surface area contributed by atoms with Crippen molar-refractivity contribution in [3.8, 4) is 0 Å². The predicted octanol–water partition coefficient (Wildman–Crippen LogP) is 4.14. The van der Waals surface area contributed by atoms with Crippen LogP contribution in [-0.2, 0) is 4.79 Å². The van der Waals surface area contributed by atoms with Crippen LogP contribution in [0.1, 0.15) is 93.2 Å². The molecular weight excluding hydrogens is 402 g/mol. The lowest BCUT2D eigenvalue weighted by Crippen LogP contribution is -2.44. The molecule has 32 heavy (non-hydrogen) atoms. The van der Waals surface area contributed by atoms with Crippen molar-refractivity contribution < 1.29 is 9.59 Å². The number of hydrogen-bond acceptors (Lipinski definition) is 4. The predicted molar refractivity (Wildman–Crippen MR) is 124 cm³/mol. The summed E-state index contributed by atoms with van der Waals surface area (Å²) in [5.41, 5.74) is 2.56. The second-order valence-corrected chi connectivity index (χ2v) is 10.1. The molecule has 1 saturated carbocycles. The lowest BCUT2D eigenvalue weighted by atomic mass is 9.94. The molecule has 1 aliphatic carbocycles. The minimum Gasteiger partial charge on any atom is -0.342 e. The molecule has 0 N–H and O–H groups in total. The average Bonchev–Trinajstić information content (AvgIpc) is 3.61. The first-order valence-corrected chi connectivity index (χ1v) is 12.5. The Morgan fingerprint density at radius 2 is 1.62 bits per heavy atom. The highest BCUT2D eigenvalue weighted by Gasteiger charge is 2.33. The third-order valence-electron chi connectivity index (χ3n) is 7.35. The number of hydrogen-bond donors (Lipinski definition) is 0. The molecule has 172 valence electrons. The highest BCUT2D eigenvalue weighted by molar-refractivity contribution is 6.05. The van der Waals surface area contributed by atoms with E-state index in [1.165, 1.54) is 12.8 Å². The summed E-state index contributed by atoms with van der Waals surface area (Å²) >= 11 is 0. The van der Waals surface area contributed by atoms with Gasteiger partial charge in [-0.05, 0) is 58.4 Å². The van der Waals surface area contributed by atoms with Gasteiger partial charge < -0.3 is 9.80 Å². The summed E-state index contributed by atoms with van der Waals surface area (Å²) < 4.78 is 1.92. The van der Waals surface area contributed by atoms with Crippen LogP contribution in [0.15, 0.2) is 12.3 Å². The van der Waals surface area contributed by atoms with Gasteiger partial charge in [-0.15, -0.1) is 0 Å². The Bertz CT molecular complexity index is 993. The van der Waals surface area contributed by atoms with Gasteiger partial charge in [-0.1, -0.05) is 12.8 Å². The molecule has 5 rings (SSSR count). The van der Waals surface area contributed by atoms with Crippen LogP contribution < -0.4 is 0 Å². The average molecular weight is 438 g/mol. The molecule has 3 fully saturated rings. The number of nitrogens with zero attached hydrogens (tertiary/aromatic N) is 5. The van der Waals surface area contributed by atoms with Crippen LogP contribution in [0.4, 0.5) is 0 Å². The topological polar surface area (TPSA) is 71.3 Å². The van der Waals surface area contributed by atoms with Gasteiger partial charge in [0, 0.05) is 49.8 Å². The molecule has 0 atom stereocenters. The summed E-state index contributed by atoms with van der Waals surface area (Å²) in [5, 5.41) is 5.38. The van der Waals surface area contributed by atoms with Gasteiger partial charge in [0.1, 0.15) is 0 Å². The first-order valence-electron chi connectivity index (χ1n) is 12.5. The summed E-state index contributed by atoms with van der Waals surface area (Å²) in [6, 6.07) is 2.20. The SMILES string of the molecule is CC(C)n1ncc2c(C(=O)N3CCC(C(=O)N4CCCCCC4)CC3)cc(C3CC3)nc21. The monoisotopic (exact) mass is 437 g/mol. The number of fused-ring (bicyclic) bond motifs is 1. The maximum Gasteiger partial charge on any atom is 0.254 e. The number of carbonyl (C=O) groups is 2. The Kier molecular flexibility index (Phi) is 5.91. The maximum absolute atomic E-state index is 13.6. The van der Waals surface area contributed by atoms with Gasteiger partial charge in [-0.25, -0.2) is 9.67 Å². The van der Waals surface area contributed by atoms with Gasteiger partial charge in [0.2, 0.25) is 5.91 Å². The molecule has 2 aromatic rings. The smallest absolute Gasteiger partial charge is 0.254 e. The molecule has 2 amide bonds. The number of rotatable bonds is 4. The third-order valence-corrected chi connectivity index (χ3v) is 7.35. The van der Waals surface area contributed by atoms with Crippen molar-refractivity contribution in [2.45, 2.75) is 77.2 Å². The van der Waals surface area contributed by atoms with Crippen molar-refractivity contribution in [2.75, 3.05) is 26.2 Å². The van der Waals surface area contributed by atoms with Crippen molar-refractivity contribution in [3.05, 3.63) is 23.5 Å². The van der Waals surface area contributed by atoms with E-state index in [1.807, 2.05) is 15.6 Å². The van der Waals surface area contributed by atoms with Crippen molar-refractivity contribution in [1.29, 1.82) is 0 Å². The van der Waals surface area contributed by atoms with Crippen LogP contribution >= 0.6 is 0 Å². The summed E-state index contributed by atoms with van der Waals surface area (Å²) in [4.78, 5) is 35.5. The Balaban J connectivity index is 1.32. The Morgan fingerprint density at radius 1 is 0.938 bits per heavy atom. The van der Waals surface area contributed by atoms with Crippen molar-refractivity contribution in [1.82, 2.24) is 24.6 Å². The van der Waals surface area contributed by atoms with E-state index in [9.17, 15) is 9.59 Å². The standard InChI is InChI=1S/C25H35N5O2/c1-17(2)30-23-21(16-26-30)20(15-22(27-23)18-7-8-18)25(32)29-13-9-19(10-14-29)24(31)28-11-5-3-4-6-12-28/h15-19H,3-14H2,1-2H3. The number of carbonyl (C=O) groups excluding carboxylic acids is 2. The van der Waals surface area contributed by atoms with E-state index in [4.69, 9.17) is 4.98 Å². The summed E-state index contributed by atoms with van der Waals surface area (Å²) in [7, 11) is 0. The molecule has 2 aliphatic heterocycles. The molecule has 0 spiro atoms. The third kappa shape index (κ3) is 4.14.